The Labute approximate surface area is 149 Å². The van der Waals surface area contributed by atoms with E-state index in [2.05, 4.69) is 29.4 Å². The van der Waals surface area contributed by atoms with Crippen molar-refractivity contribution < 1.29 is 4.79 Å². The van der Waals surface area contributed by atoms with Gasteiger partial charge in [-0.15, -0.1) is 23.7 Å². The Morgan fingerprint density at radius 3 is 2.74 bits per heavy atom. The number of carbonyl (C=O) groups excluding carboxylic acids is 1. The van der Waals surface area contributed by atoms with Gasteiger partial charge in [0.2, 0.25) is 5.91 Å². The number of aromatic nitrogens is 1. The first-order valence-electron chi connectivity index (χ1n) is 8.60. The summed E-state index contributed by atoms with van der Waals surface area (Å²) in [5.41, 5.74) is 1.20. The molecule has 0 bridgehead atoms. The normalized spacial score (nSPS) is 22.9. The maximum atomic E-state index is 12.7. The largest absolute Gasteiger partial charge is 0.342 e. The fourth-order valence-electron chi connectivity index (χ4n) is 3.46. The zero-order valence-corrected chi connectivity index (χ0v) is 15.7. The van der Waals surface area contributed by atoms with Gasteiger partial charge in [-0.2, -0.15) is 0 Å². The van der Waals surface area contributed by atoms with Gasteiger partial charge in [0.05, 0.1) is 10.7 Å². The van der Waals surface area contributed by atoms with Crippen LogP contribution >= 0.6 is 23.7 Å². The van der Waals surface area contributed by atoms with Crippen molar-refractivity contribution in [3.8, 4) is 0 Å². The van der Waals surface area contributed by atoms with Crippen molar-refractivity contribution in [2.75, 3.05) is 26.2 Å². The molecule has 1 aromatic rings. The average Bonchev–Trinajstić information content (AvgIpc) is 3.05. The lowest BCUT2D eigenvalue weighted by Crippen LogP contribution is -2.45. The summed E-state index contributed by atoms with van der Waals surface area (Å²) in [6.07, 6.45) is 4.27. The molecule has 4 nitrogen and oxygen atoms in total. The number of piperidine rings is 2. The van der Waals surface area contributed by atoms with Gasteiger partial charge in [0, 0.05) is 30.3 Å². The molecule has 1 aromatic heterocycles. The molecule has 6 heteroatoms. The van der Waals surface area contributed by atoms with Gasteiger partial charge < -0.3 is 10.2 Å². The van der Waals surface area contributed by atoms with Crippen LogP contribution in [0.4, 0.5) is 0 Å². The van der Waals surface area contributed by atoms with Gasteiger partial charge in [0.1, 0.15) is 0 Å². The number of carbonyl (C=O) groups is 1. The molecule has 0 saturated carbocycles. The molecule has 1 amide bonds. The number of thiazole rings is 1. The predicted octanol–water partition coefficient (Wildman–Crippen LogP) is 3.39. The fourth-order valence-corrected chi connectivity index (χ4v) is 4.57. The minimum absolute atomic E-state index is 0. The molecule has 2 fully saturated rings. The molecule has 1 atom stereocenters. The van der Waals surface area contributed by atoms with Crippen molar-refractivity contribution in [1.82, 2.24) is 15.2 Å². The minimum atomic E-state index is 0. The van der Waals surface area contributed by atoms with E-state index in [1.807, 2.05) is 0 Å². The molecule has 23 heavy (non-hydrogen) atoms. The molecule has 2 aliphatic rings. The van der Waals surface area contributed by atoms with Crippen molar-refractivity contribution >= 4 is 29.7 Å². The van der Waals surface area contributed by atoms with Crippen LogP contribution in [0.5, 0.6) is 0 Å². The highest BCUT2D eigenvalue weighted by atomic mass is 35.5. The van der Waals surface area contributed by atoms with E-state index in [4.69, 9.17) is 4.98 Å². The van der Waals surface area contributed by atoms with Gasteiger partial charge in [-0.1, -0.05) is 13.8 Å². The number of halogens is 1. The van der Waals surface area contributed by atoms with Crippen LogP contribution in [0.2, 0.25) is 0 Å². The van der Waals surface area contributed by atoms with E-state index in [9.17, 15) is 4.79 Å². The maximum Gasteiger partial charge on any atom is 0.225 e. The number of hydrogen-bond acceptors (Lipinski definition) is 4. The van der Waals surface area contributed by atoms with Crippen LogP contribution in [0.15, 0.2) is 5.38 Å². The Hall–Kier alpha value is -0.650. The zero-order chi connectivity index (χ0) is 15.5. The zero-order valence-electron chi connectivity index (χ0n) is 14.1. The maximum absolute atomic E-state index is 12.7. The SMILES string of the molecule is CC(C)c1csc(C2CCCN(C(=O)C3CCNCC3)C2)n1.Cl. The molecule has 2 aliphatic heterocycles. The first-order chi connectivity index (χ1) is 10.6. The molecule has 1 unspecified atom stereocenters. The molecule has 0 aliphatic carbocycles. The highest BCUT2D eigenvalue weighted by molar-refractivity contribution is 7.09. The Morgan fingerprint density at radius 1 is 1.35 bits per heavy atom. The lowest BCUT2D eigenvalue weighted by molar-refractivity contribution is -0.137. The summed E-state index contributed by atoms with van der Waals surface area (Å²) in [4.78, 5) is 19.6. The summed E-state index contributed by atoms with van der Waals surface area (Å²) in [5, 5.41) is 6.76. The van der Waals surface area contributed by atoms with Crippen LogP contribution in [0.25, 0.3) is 0 Å². The molecular weight excluding hydrogens is 330 g/mol. The Kier molecular flexibility index (Phi) is 6.86. The third kappa shape index (κ3) is 4.46. The summed E-state index contributed by atoms with van der Waals surface area (Å²) in [6, 6.07) is 0. The topological polar surface area (TPSA) is 45.2 Å². The molecule has 1 N–H and O–H groups in total. The average molecular weight is 358 g/mol. The van der Waals surface area contributed by atoms with E-state index in [1.165, 1.54) is 17.1 Å². The van der Waals surface area contributed by atoms with E-state index >= 15 is 0 Å². The second-order valence-corrected chi connectivity index (χ2v) is 7.80. The van der Waals surface area contributed by atoms with E-state index in [0.717, 1.165) is 45.4 Å². The first kappa shape index (κ1) is 18.7. The lowest BCUT2D eigenvalue weighted by atomic mass is 9.93. The second-order valence-electron chi connectivity index (χ2n) is 6.91. The van der Waals surface area contributed by atoms with E-state index < -0.39 is 0 Å². The van der Waals surface area contributed by atoms with Gasteiger partial charge in [0.15, 0.2) is 0 Å². The van der Waals surface area contributed by atoms with Crippen LogP contribution < -0.4 is 5.32 Å². The van der Waals surface area contributed by atoms with Crippen LogP contribution in [-0.4, -0.2) is 42.0 Å². The lowest BCUT2D eigenvalue weighted by Gasteiger charge is -2.35. The molecule has 0 aromatic carbocycles. The number of likely N-dealkylation sites (tertiary alicyclic amines) is 1. The predicted molar refractivity (Wildman–Crippen MR) is 97.6 cm³/mol. The summed E-state index contributed by atoms with van der Waals surface area (Å²) in [7, 11) is 0. The van der Waals surface area contributed by atoms with Gasteiger partial charge in [0.25, 0.3) is 0 Å². The smallest absolute Gasteiger partial charge is 0.225 e. The number of amides is 1. The van der Waals surface area contributed by atoms with Crippen molar-refractivity contribution in [1.29, 1.82) is 0 Å². The van der Waals surface area contributed by atoms with Crippen molar-refractivity contribution in [2.24, 2.45) is 5.92 Å². The summed E-state index contributed by atoms with van der Waals surface area (Å²) in [5.74, 6) is 1.55. The molecule has 3 heterocycles. The Balaban J connectivity index is 0.00000192. The standard InChI is InChI=1S/C17H27N3OS.ClH/c1-12(2)15-11-22-16(19-15)14-4-3-9-20(10-14)17(21)13-5-7-18-8-6-13;/h11-14,18H,3-10H2,1-2H3;1H. The van der Waals surface area contributed by atoms with Gasteiger partial charge in [-0.3, -0.25) is 4.79 Å². The number of rotatable bonds is 3. The van der Waals surface area contributed by atoms with Gasteiger partial charge in [-0.25, -0.2) is 4.98 Å². The number of nitrogens with one attached hydrogen (secondary N) is 1. The third-order valence-electron chi connectivity index (χ3n) is 4.90. The first-order valence-corrected chi connectivity index (χ1v) is 9.48. The van der Waals surface area contributed by atoms with Gasteiger partial charge in [-0.05, 0) is 44.7 Å². The van der Waals surface area contributed by atoms with E-state index in [1.54, 1.807) is 11.3 Å². The monoisotopic (exact) mass is 357 g/mol. The van der Waals surface area contributed by atoms with Crippen LogP contribution in [0, 0.1) is 5.92 Å². The third-order valence-corrected chi connectivity index (χ3v) is 5.93. The fraction of sp³-hybridized carbons (Fsp3) is 0.765. The molecule has 3 rings (SSSR count). The Bertz CT molecular complexity index is 514. The van der Waals surface area contributed by atoms with E-state index in [-0.39, 0.29) is 18.3 Å². The Morgan fingerprint density at radius 2 is 2.09 bits per heavy atom. The van der Waals surface area contributed by atoms with Crippen LogP contribution in [0.3, 0.4) is 0 Å². The molecule has 0 spiro atoms. The van der Waals surface area contributed by atoms with Crippen LogP contribution in [0.1, 0.15) is 62.1 Å². The van der Waals surface area contributed by atoms with Crippen molar-refractivity contribution in [2.45, 2.75) is 51.4 Å². The number of hydrogen-bond donors (Lipinski definition) is 1. The highest BCUT2D eigenvalue weighted by Gasteiger charge is 2.31. The molecule has 130 valence electrons. The minimum Gasteiger partial charge on any atom is -0.342 e. The quantitative estimate of drug-likeness (QED) is 0.901. The van der Waals surface area contributed by atoms with Crippen molar-refractivity contribution in [3.63, 3.8) is 0 Å². The summed E-state index contributed by atoms with van der Waals surface area (Å²) in [6.45, 7) is 8.14. The second kappa shape index (κ2) is 8.45. The molecule has 2 saturated heterocycles. The van der Waals surface area contributed by atoms with Gasteiger partial charge >= 0.3 is 0 Å². The summed E-state index contributed by atoms with van der Waals surface area (Å²) >= 11 is 1.77. The molecule has 0 radical (unpaired) electrons. The van der Waals surface area contributed by atoms with Crippen molar-refractivity contribution in [3.05, 3.63) is 16.1 Å². The van der Waals surface area contributed by atoms with Crippen LogP contribution in [-0.2, 0) is 4.79 Å². The summed E-state index contributed by atoms with van der Waals surface area (Å²) < 4.78 is 0. The number of nitrogens with zero attached hydrogens (tertiary/aromatic N) is 2. The van der Waals surface area contributed by atoms with E-state index in [0.29, 0.717) is 17.7 Å². The highest BCUT2D eigenvalue weighted by Crippen LogP contribution is 2.32. The molecular formula is C17H28ClN3OS.